The fraction of sp³-hybridized carbons (Fsp3) is 0.650. The topological polar surface area (TPSA) is 70.6 Å². The van der Waals surface area contributed by atoms with E-state index in [1.165, 1.54) is 44.8 Å². The molecule has 1 aromatic carbocycles. The third kappa shape index (κ3) is 8.81. The summed E-state index contributed by atoms with van der Waals surface area (Å²) in [7, 11) is -1.37. The molecule has 1 fully saturated rings. The summed E-state index contributed by atoms with van der Waals surface area (Å²) >= 11 is 0. The van der Waals surface area contributed by atoms with Gasteiger partial charge in [-0.05, 0) is 43.4 Å². The summed E-state index contributed by atoms with van der Waals surface area (Å²) in [5.41, 5.74) is 1.02. The Morgan fingerprint density at radius 3 is 2.37 bits per heavy atom. The summed E-state index contributed by atoms with van der Waals surface area (Å²) in [5, 5.41) is 6.76. The highest BCUT2D eigenvalue weighted by atomic mass is 127. The second-order valence-corrected chi connectivity index (χ2v) is 9.48. The average molecular weight is 507 g/mol. The Morgan fingerprint density at radius 1 is 1.19 bits per heavy atom. The van der Waals surface area contributed by atoms with Crippen molar-refractivity contribution in [2.75, 3.05) is 13.3 Å². The Balaban J connectivity index is 0.00000364. The quantitative estimate of drug-likeness (QED) is 0.331. The van der Waals surface area contributed by atoms with Gasteiger partial charge in [-0.15, -0.1) is 24.0 Å². The second kappa shape index (κ2) is 11.9. The largest absolute Gasteiger partial charge is 0.354 e. The highest BCUT2D eigenvalue weighted by Gasteiger charge is 2.15. The molecule has 7 heteroatoms. The minimum absolute atomic E-state index is 0. The molecule has 27 heavy (non-hydrogen) atoms. The van der Waals surface area contributed by atoms with Crippen molar-refractivity contribution < 1.29 is 8.42 Å². The molecule has 0 aromatic heterocycles. The number of hydrogen-bond donors (Lipinski definition) is 2. The van der Waals surface area contributed by atoms with Gasteiger partial charge in [-0.25, -0.2) is 8.42 Å². The zero-order valence-corrected chi connectivity index (χ0v) is 19.8. The Bertz CT molecular complexity index is 684. The minimum Gasteiger partial charge on any atom is -0.354 e. The number of nitrogens with one attached hydrogen (secondary N) is 2. The average Bonchev–Trinajstić information content (AvgIpc) is 2.64. The van der Waals surface area contributed by atoms with Crippen LogP contribution in [0.5, 0.6) is 0 Å². The van der Waals surface area contributed by atoms with Gasteiger partial charge in [0.15, 0.2) is 15.8 Å². The highest BCUT2D eigenvalue weighted by Crippen LogP contribution is 2.27. The molecule has 154 valence electrons. The van der Waals surface area contributed by atoms with E-state index in [1.54, 1.807) is 19.2 Å². The lowest BCUT2D eigenvalue weighted by Gasteiger charge is -2.24. The zero-order valence-electron chi connectivity index (χ0n) is 16.7. The van der Waals surface area contributed by atoms with E-state index in [1.807, 2.05) is 12.1 Å². The van der Waals surface area contributed by atoms with Gasteiger partial charge in [0, 0.05) is 25.9 Å². The van der Waals surface area contributed by atoms with Crippen LogP contribution in [0.2, 0.25) is 0 Å². The number of benzene rings is 1. The molecular weight excluding hydrogens is 473 g/mol. The van der Waals surface area contributed by atoms with Crippen LogP contribution in [0.15, 0.2) is 34.2 Å². The van der Waals surface area contributed by atoms with Gasteiger partial charge in [0.2, 0.25) is 0 Å². The molecule has 0 spiro atoms. The zero-order chi connectivity index (χ0) is 19.0. The number of guanidine groups is 1. The molecule has 2 rings (SSSR count). The van der Waals surface area contributed by atoms with E-state index in [9.17, 15) is 8.42 Å². The second-order valence-electron chi connectivity index (χ2n) is 7.47. The first-order valence-corrected chi connectivity index (χ1v) is 11.5. The van der Waals surface area contributed by atoms with Crippen LogP contribution < -0.4 is 10.6 Å². The van der Waals surface area contributed by atoms with Crippen molar-refractivity contribution >= 4 is 39.8 Å². The van der Waals surface area contributed by atoms with Crippen molar-refractivity contribution in [1.82, 2.24) is 10.6 Å². The van der Waals surface area contributed by atoms with Gasteiger partial charge in [-0.2, -0.15) is 0 Å². The Hall–Kier alpha value is -0.830. The molecule has 1 unspecified atom stereocenters. The van der Waals surface area contributed by atoms with Crippen LogP contribution in [0.1, 0.15) is 57.4 Å². The van der Waals surface area contributed by atoms with Gasteiger partial charge in [0.25, 0.3) is 0 Å². The molecule has 1 aliphatic rings. The molecule has 1 saturated carbocycles. The van der Waals surface area contributed by atoms with Crippen molar-refractivity contribution in [3.8, 4) is 0 Å². The van der Waals surface area contributed by atoms with Gasteiger partial charge in [0.1, 0.15) is 0 Å². The van der Waals surface area contributed by atoms with Crippen LogP contribution in [-0.4, -0.2) is 33.7 Å². The van der Waals surface area contributed by atoms with E-state index in [0.29, 0.717) is 17.5 Å². The lowest BCUT2D eigenvalue weighted by molar-refractivity contribution is 0.322. The predicted octanol–water partition coefficient (Wildman–Crippen LogP) is 4.12. The van der Waals surface area contributed by atoms with Crippen molar-refractivity contribution in [2.45, 2.75) is 69.4 Å². The number of halogens is 1. The summed E-state index contributed by atoms with van der Waals surface area (Å²) in [5.74, 6) is 1.68. The van der Waals surface area contributed by atoms with Gasteiger partial charge in [0.05, 0.1) is 4.90 Å². The SMILES string of the molecule is CN=C(NCc1ccc(S(C)(=O)=O)cc1)NC(C)CCC1CCCCC1.I. The number of rotatable bonds is 7. The van der Waals surface area contributed by atoms with Gasteiger partial charge in [-0.3, -0.25) is 4.99 Å². The normalized spacial score (nSPS) is 17.1. The number of nitrogens with zero attached hydrogens (tertiary/aromatic N) is 1. The van der Waals surface area contributed by atoms with Gasteiger partial charge >= 0.3 is 0 Å². The van der Waals surface area contributed by atoms with E-state index in [4.69, 9.17) is 0 Å². The number of hydrogen-bond acceptors (Lipinski definition) is 3. The molecule has 0 saturated heterocycles. The first-order chi connectivity index (χ1) is 12.4. The molecular formula is C20H34IN3O2S. The van der Waals surface area contributed by atoms with Crippen LogP contribution in [0, 0.1) is 5.92 Å². The van der Waals surface area contributed by atoms with E-state index in [0.717, 1.165) is 23.9 Å². The molecule has 0 heterocycles. The van der Waals surface area contributed by atoms with E-state index < -0.39 is 9.84 Å². The molecule has 1 aliphatic carbocycles. The standard InChI is InChI=1S/C20H33N3O2S.HI/c1-16(9-10-17-7-5-4-6-8-17)23-20(21-2)22-15-18-11-13-19(14-12-18)26(3,24)25;/h11-14,16-17H,4-10,15H2,1-3H3,(H2,21,22,23);1H. The first-order valence-electron chi connectivity index (χ1n) is 9.64. The first kappa shape index (κ1) is 24.2. The summed E-state index contributed by atoms with van der Waals surface area (Å²) < 4.78 is 23.0. The Labute approximate surface area is 181 Å². The van der Waals surface area contributed by atoms with Crippen molar-refractivity contribution in [3.05, 3.63) is 29.8 Å². The molecule has 2 N–H and O–H groups in total. The molecule has 1 aromatic rings. The van der Waals surface area contributed by atoms with Crippen LogP contribution >= 0.6 is 24.0 Å². The fourth-order valence-electron chi connectivity index (χ4n) is 3.50. The number of sulfone groups is 1. The summed E-state index contributed by atoms with van der Waals surface area (Å²) in [6.07, 6.45) is 10.7. The molecule has 0 radical (unpaired) electrons. The summed E-state index contributed by atoms with van der Waals surface area (Å²) in [6, 6.07) is 7.35. The van der Waals surface area contributed by atoms with Crippen LogP contribution in [0.25, 0.3) is 0 Å². The number of aliphatic imine (C=N–C) groups is 1. The van der Waals surface area contributed by atoms with E-state index in [2.05, 4.69) is 22.5 Å². The third-order valence-corrected chi connectivity index (χ3v) is 6.28. The Kier molecular flexibility index (Phi) is 10.7. The highest BCUT2D eigenvalue weighted by molar-refractivity contribution is 14.0. The van der Waals surface area contributed by atoms with Crippen molar-refractivity contribution in [1.29, 1.82) is 0 Å². The van der Waals surface area contributed by atoms with Crippen LogP contribution in [-0.2, 0) is 16.4 Å². The van der Waals surface area contributed by atoms with E-state index >= 15 is 0 Å². The lowest BCUT2D eigenvalue weighted by Crippen LogP contribution is -2.42. The third-order valence-electron chi connectivity index (χ3n) is 5.15. The smallest absolute Gasteiger partial charge is 0.191 e. The monoisotopic (exact) mass is 507 g/mol. The minimum atomic E-state index is -3.14. The van der Waals surface area contributed by atoms with Gasteiger partial charge < -0.3 is 10.6 Å². The lowest BCUT2D eigenvalue weighted by atomic mass is 9.85. The molecule has 0 bridgehead atoms. The van der Waals surface area contributed by atoms with Crippen molar-refractivity contribution in [3.63, 3.8) is 0 Å². The van der Waals surface area contributed by atoms with Crippen molar-refractivity contribution in [2.24, 2.45) is 10.9 Å². The van der Waals surface area contributed by atoms with Crippen LogP contribution in [0.3, 0.4) is 0 Å². The maximum atomic E-state index is 11.5. The molecule has 0 aliphatic heterocycles. The maximum absolute atomic E-state index is 11.5. The van der Waals surface area contributed by atoms with E-state index in [-0.39, 0.29) is 24.0 Å². The maximum Gasteiger partial charge on any atom is 0.191 e. The molecule has 1 atom stereocenters. The predicted molar refractivity (Wildman–Crippen MR) is 124 cm³/mol. The molecule has 0 amide bonds. The summed E-state index contributed by atoms with van der Waals surface area (Å²) in [6.45, 7) is 2.82. The van der Waals surface area contributed by atoms with Crippen LogP contribution in [0.4, 0.5) is 0 Å². The fourth-order valence-corrected chi connectivity index (χ4v) is 4.13. The molecule has 5 nitrogen and oxygen atoms in total. The Morgan fingerprint density at radius 2 is 1.81 bits per heavy atom. The van der Waals surface area contributed by atoms with Gasteiger partial charge in [-0.1, -0.05) is 44.2 Å². The summed E-state index contributed by atoms with van der Waals surface area (Å²) in [4.78, 5) is 4.64.